The van der Waals surface area contributed by atoms with Crippen molar-refractivity contribution in [3.05, 3.63) is 11.9 Å². The van der Waals surface area contributed by atoms with Crippen molar-refractivity contribution >= 4 is 22.4 Å². The molecule has 0 atom stereocenters. The van der Waals surface area contributed by atoms with E-state index in [1.165, 1.54) is 18.4 Å². The zero-order chi connectivity index (χ0) is 17.8. The fraction of sp³-hybridized carbons (Fsp3) is 0.625. The van der Waals surface area contributed by atoms with Gasteiger partial charge in [-0.15, -0.1) is 10.2 Å². The molecule has 136 valence electrons. The Hall–Kier alpha value is -2.00. The highest BCUT2D eigenvalue weighted by Crippen LogP contribution is 2.29. The number of esters is 1. The molecule has 1 aliphatic heterocycles. The maximum atomic E-state index is 12.0. The zero-order valence-electron chi connectivity index (χ0n) is 14.9. The fourth-order valence-corrected chi connectivity index (χ4v) is 3.69. The van der Waals surface area contributed by atoms with E-state index in [9.17, 15) is 4.79 Å². The van der Waals surface area contributed by atoms with Crippen molar-refractivity contribution in [2.45, 2.75) is 26.3 Å². The summed E-state index contributed by atoms with van der Waals surface area (Å²) in [7, 11) is 3.51. The van der Waals surface area contributed by atoms with Crippen LogP contribution in [-0.4, -0.2) is 71.0 Å². The van der Waals surface area contributed by atoms with Gasteiger partial charge < -0.3 is 19.1 Å². The quantitative estimate of drug-likeness (QED) is 0.723. The highest BCUT2D eigenvalue weighted by molar-refractivity contribution is 7.18. The number of piperazine rings is 1. The molecule has 0 spiro atoms. The number of hydrogen-bond donors (Lipinski definition) is 0. The lowest BCUT2D eigenvalue weighted by atomic mass is 10.3. The van der Waals surface area contributed by atoms with E-state index in [1.807, 2.05) is 4.57 Å². The van der Waals surface area contributed by atoms with Crippen molar-refractivity contribution in [1.82, 2.24) is 24.6 Å². The van der Waals surface area contributed by atoms with Gasteiger partial charge in [0.05, 0.1) is 13.3 Å². The van der Waals surface area contributed by atoms with Gasteiger partial charge in [-0.1, -0.05) is 24.7 Å². The summed E-state index contributed by atoms with van der Waals surface area (Å²) in [6, 6.07) is 0. The number of unbranched alkanes of at least 4 members (excludes halogenated alkanes) is 1. The van der Waals surface area contributed by atoms with Gasteiger partial charge in [0.2, 0.25) is 5.13 Å². The Morgan fingerprint density at radius 3 is 2.72 bits per heavy atom. The third-order valence-electron chi connectivity index (χ3n) is 4.36. The Balaban J connectivity index is 1.86. The van der Waals surface area contributed by atoms with Gasteiger partial charge in [-0.2, -0.15) is 0 Å². The van der Waals surface area contributed by atoms with Crippen LogP contribution in [0.5, 0.6) is 0 Å². The Labute approximate surface area is 151 Å². The van der Waals surface area contributed by atoms with Gasteiger partial charge in [0.25, 0.3) is 0 Å². The van der Waals surface area contributed by atoms with Crippen LogP contribution in [-0.2, 0) is 11.3 Å². The summed E-state index contributed by atoms with van der Waals surface area (Å²) in [6.07, 6.45) is 3.55. The monoisotopic (exact) mass is 364 g/mol. The van der Waals surface area contributed by atoms with Crippen LogP contribution in [0, 0.1) is 0 Å². The van der Waals surface area contributed by atoms with Crippen molar-refractivity contribution in [3.63, 3.8) is 0 Å². The number of carbonyl (C=O) groups excluding carboxylic acids is 1. The van der Waals surface area contributed by atoms with E-state index in [0.717, 1.165) is 49.2 Å². The molecule has 0 aliphatic carbocycles. The van der Waals surface area contributed by atoms with E-state index in [2.05, 4.69) is 39.0 Å². The topological polar surface area (TPSA) is 76.4 Å². The lowest BCUT2D eigenvalue weighted by Crippen LogP contribution is -2.44. The van der Waals surface area contributed by atoms with Gasteiger partial charge in [-0.05, 0) is 13.5 Å². The summed E-state index contributed by atoms with van der Waals surface area (Å²) in [4.78, 5) is 21.0. The minimum atomic E-state index is -0.376. The second-order valence-electron chi connectivity index (χ2n) is 6.14. The Morgan fingerprint density at radius 2 is 2.04 bits per heavy atom. The number of aromatic nitrogens is 4. The van der Waals surface area contributed by atoms with Gasteiger partial charge in [0, 0.05) is 32.7 Å². The van der Waals surface area contributed by atoms with Gasteiger partial charge in [0.1, 0.15) is 5.69 Å². The highest BCUT2D eigenvalue weighted by atomic mass is 32.1. The Morgan fingerprint density at radius 1 is 1.28 bits per heavy atom. The minimum absolute atomic E-state index is 0.376. The molecule has 8 nitrogen and oxygen atoms in total. The molecule has 0 bridgehead atoms. The molecule has 2 aromatic heterocycles. The van der Waals surface area contributed by atoms with Crippen molar-refractivity contribution < 1.29 is 9.53 Å². The van der Waals surface area contributed by atoms with Gasteiger partial charge in [-0.25, -0.2) is 9.78 Å². The fourth-order valence-electron chi connectivity index (χ4n) is 2.79. The normalized spacial score (nSPS) is 15.6. The third kappa shape index (κ3) is 3.82. The maximum absolute atomic E-state index is 12.0. The van der Waals surface area contributed by atoms with Gasteiger partial charge >= 0.3 is 5.97 Å². The molecule has 0 amide bonds. The summed E-state index contributed by atoms with van der Waals surface area (Å²) < 4.78 is 6.76. The van der Waals surface area contributed by atoms with Crippen LogP contribution in [0.15, 0.2) is 6.20 Å². The molecule has 0 unspecified atom stereocenters. The summed E-state index contributed by atoms with van der Waals surface area (Å²) >= 11 is 1.52. The summed E-state index contributed by atoms with van der Waals surface area (Å²) in [5, 5.41) is 10.3. The Bertz CT molecular complexity index is 720. The number of ether oxygens (including phenoxy) is 1. The molecule has 0 saturated carbocycles. The zero-order valence-corrected chi connectivity index (χ0v) is 15.8. The molecule has 9 heteroatoms. The minimum Gasteiger partial charge on any atom is -0.464 e. The second-order valence-corrected chi connectivity index (χ2v) is 7.10. The maximum Gasteiger partial charge on any atom is 0.356 e. The Kier molecular flexibility index (Phi) is 5.64. The van der Waals surface area contributed by atoms with E-state index in [-0.39, 0.29) is 5.97 Å². The predicted octanol–water partition coefficient (Wildman–Crippen LogP) is 1.74. The molecule has 3 rings (SSSR count). The van der Waals surface area contributed by atoms with Crippen molar-refractivity contribution in [2.24, 2.45) is 0 Å². The van der Waals surface area contributed by atoms with E-state index >= 15 is 0 Å². The molecular formula is C16H24N6O2S. The van der Waals surface area contributed by atoms with E-state index in [4.69, 9.17) is 4.74 Å². The first kappa shape index (κ1) is 17.8. The number of imidazole rings is 1. The summed E-state index contributed by atoms with van der Waals surface area (Å²) in [6.45, 7) is 6.76. The van der Waals surface area contributed by atoms with Crippen molar-refractivity contribution in [3.8, 4) is 10.8 Å². The smallest absolute Gasteiger partial charge is 0.356 e. The van der Waals surface area contributed by atoms with E-state index in [1.54, 1.807) is 6.20 Å². The summed E-state index contributed by atoms with van der Waals surface area (Å²) in [5.74, 6) is 0.311. The largest absolute Gasteiger partial charge is 0.464 e. The predicted molar refractivity (Wildman–Crippen MR) is 97.1 cm³/mol. The van der Waals surface area contributed by atoms with E-state index in [0.29, 0.717) is 18.1 Å². The number of nitrogens with zero attached hydrogens (tertiary/aromatic N) is 6. The van der Waals surface area contributed by atoms with Crippen LogP contribution in [0.25, 0.3) is 10.8 Å². The molecule has 2 aromatic rings. The van der Waals surface area contributed by atoms with Gasteiger partial charge in [-0.3, -0.25) is 0 Å². The second kappa shape index (κ2) is 7.92. The first-order chi connectivity index (χ1) is 12.1. The summed E-state index contributed by atoms with van der Waals surface area (Å²) in [5.41, 5.74) is 0.460. The molecule has 0 N–H and O–H groups in total. The van der Waals surface area contributed by atoms with Crippen LogP contribution < -0.4 is 4.90 Å². The van der Waals surface area contributed by atoms with Crippen LogP contribution in [0.2, 0.25) is 0 Å². The average Bonchev–Trinajstić information content (AvgIpc) is 3.26. The highest BCUT2D eigenvalue weighted by Gasteiger charge is 2.23. The molecule has 1 saturated heterocycles. The molecule has 25 heavy (non-hydrogen) atoms. The van der Waals surface area contributed by atoms with Crippen LogP contribution in [0.1, 0.15) is 30.3 Å². The lowest BCUT2D eigenvalue weighted by molar-refractivity contribution is 0.0588. The first-order valence-corrected chi connectivity index (χ1v) is 9.37. The van der Waals surface area contributed by atoms with Crippen LogP contribution in [0.4, 0.5) is 5.13 Å². The van der Waals surface area contributed by atoms with Crippen molar-refractivity contribution in [2.75, 3.05) is 45.2 Å². The number of likely N-dealkylation sites (N-methyl/N-ethyl adjacent to an activating group) is 1. The molecule has 1 fully saturated rings. The van der Waals surface area contributed by atoms with Gasteiger partial charge in [0.15, 0.2) is 10.8 Å². The van der Waals surface area contributed by atoms with Crippen molar-refractivity contribution in [1.29, 1.82) is 0 Å². The van der Waals surface area contributed by atoms with Crippen LogP contribution >= 0.6 is 11.3 Å². The molecule has 3 heterocycles. The lowest BCUT2D eigenvalue weighted by Gasteiger charge is -2.31. The molecule has 0 radical (unpaired) electrons. The number of methoxy groups -OCH3 is 1. The molecule has 0 aromatic carbocycles. The van der Waals surface area contributed by atoms with Crippen LogP contribution in [0.3, 0.4) is 0 Å². The molecule has 1 aliphatic rings. The van der Waals surface area contributed by atoms with E-state index < -0.39 is 0 Å². The first-order valence-electron chi connectivity index (χ1n) is 8.55. The number of carbonyl (C=O) groups is 1. The SMILES string of the molecule is CCCCn1c(C(=O)OC)cnc1-c1nnc(N2CCN(C)CC2)s1. The standard InChI is InChI=1S/C16H24N6O2S/c1-4-5-6-22-12(15(23)24-3)11-17-13(22)14-18-19-16(25-14)21-9-7-20(2)8-10-21/h11H,4-10H2,1-3H3. The number of rotatable bonds is 6. The average molecular weight is 364 g/mol. The third-order valence-corrected chi connectivity index (χ3v) is 5.34. The molecular weight excluding hydrogens is 340 g/mol. The number of anilines is 1. The number of hydrogen-bond acceptors (Lipinski definition) is 8.